The molecule has 104 valence electrons. The second-order valence-electron chi connectivity index (χ2n) is 4.26. The van der Waals surface area contributed by atoms with Crippen molar-refractivity contribution >= 4 is 11.9 Å². The molecule has 1 rings (SSSR count). The molecule has 1 amide bonds. The third-order valence-corrected chi connectivity index (χ3v) is 2.65. The first-order chi connectivity index (χ1) is 9.20. The number of carboxylic acid groups (broad SMARTS) is 1. The summed E-state index contributed by atoms with van der Waals surface area (Å²) in [6, 6.07) is 0. The van der Waals surface area contributed by atoms with Crippen LogP contribution in [0.1, 0.15) is 49.0 Å². The Morgan fingerprint density at radius 3 is 2.53 bits per heavy atom. The summed E-state index contributed by atoms with van der Waals surface area (Å²) in [5.41, 5.74) is 0.323. The van der Waals surface area contributed by atoms with Crippen molar-refractivity contribution in [2.45, 2.75) is 38.5 Å². The van der Waals surface area contributed by atoms with Crippen molar-refractivity contribution < 1.29 is 14.7 Å². The summed E-state index contributed by atoms with van der Waals surface area (Å²) < 4.78 is 0. The minimum absolute atomic E-state index is 0.209. The molecule has 0 aromatic carbocycles. The van der Waals surface area contributed by atoms with E-state index in [0.29, 0.717) is 12.2 Å². The second kappa shape index (κ2) is 9.02. The number of hydrogen-bond donors (Lipinski definition) is 2. The lowest BCUT2D eigenvalue weighted by molar-refractivity contribution is -0.137. The summed E-state index contributed by atoms with van der Waals surface area (Å²) in [4.78, 5) is 29.6. The molecule has 1 heterocycles. The van der Waals surface area contributed by atoms with Crippen LogP contribution in [0.2, 0.25) is 0 Å². The Morgan fingerprint density at radius 1 is 1.11 bits per heavy atom. The molecular formula is C13H19N3O3. The molecule has 2 N–H and O–H groups in total. The Kier molecular flexibility index (Phi) is 7.16. The second-order valence-corrected chi connectivity index (χ2v) is 4.26. The van der Waals surface area contributed by atoms with Crippen LogP contribution in [0.3, 0.4) is 0 Å². The number of aliphatic carboxylic acids is 1. The van der Waals surface area contributed by atoms with Crippen LogP contribution < -0.4 is 5.32 Å². The lowest BCUT2D eigenvalue weighted by Crippen LogP contribution is -2.25. The van der Waals surface area contributed by atoms with Gasteiger partial charge in [-0.25, -0.2) is 4.98 Å². The van der Waals surface area contributed by atoms with Gasteiger partial charge in [-0.1, -0.05) is 19.3 Å². The lowest BCUT2D eigenvalue weighted by Gasteiger charge is -2.04. The van der Waals surface area contributed by atoms with Crippen LogP contribution >= 0.6 is 0 Å². The first-order valence-corrected chi connectivity index (χ1v) is 6.46. The van der Waals surface area contributed by atoms with E-state index < -0.39 is 5.97 Å². The Hall–Kier alpha value is -1.98. The maximum atomic E-state index is 11.6. The van der Waals surface area contributed by atoms with E-state index in [1.165, 1.54) is 18.6 Å². The Labute approximate surface area is 112 Å². The van der Waals surface area contributed by atoms with Crippen LogP contribution in [-0.4, -0.2) is 33.5 Å². The molecule has 0 aliphatic heterocycles. The number of amides is 1. The van der Waals surface area contributed by atoms with E-state index in [9.17, 15) is 9.59 Å². The first-order valence-electron chi connectivity index (χ1n) is 6.46. The predicted octanol–water partition coefficient (Wildman–Crippen LogP) is 1.63. The molecule has 1 aromatic rings. The first kappa shape index (κ1) is 15.1. The van der Waals surface area contributed by atoms with Crippen molar-refractivity contribution in [1.82, 2.24) is 15.3 Å². The van der Waals surface area contributed by atoms with Crippen LogP contribution in [0.5, 0.6) is 0 Å². The molecule has 0 fully saturated rings. The molecule has 6 nitrogen and oxygen atoms in total. The van der Waals surface area contributed by atoms with Gasteiger partial charge in [0.15, 0.2) is 0 Å². The van der Waals surface area contributed by atoms with Crippen molar-refractivity contribution in [3.05, 3.63) is 24.3 Å². The normalized spacial score (nSPS) is 10.1. The van der Waals surface area contributed by atoms with Gasteiger partial charge in [-0.3, -0.25) is 14.6 Å². The molecule has 0 saturated heterocycles. The number of carboxylic acids is 1. The summed E-state index contributed by atoms with van der Waals surface area (Å²) >= 11 is 0. The highest BCUT2D eigenvalue weighted by atomic mass is 16.4. The smallest absolute Gasteiger partial charge is 0.303 e. The molecule has 0 atom stereocenters. The third-order valence-electron chi connectivity index (χ3n) is 2.65. The highest BCUT2D eigenvalue weighted by Crippen LogP contribution is 2.04. The Morgan fingerprint density at radius 2 is 1.84 bits per heavy atom. The summed E-state index contributed by atoms with van der Waals surface area (Å²) in [6.45, 7) is 0.605. The molecule has 0 aliphatic rings. The van der Waals surface area contributed by atoms with Crippen LogP contribution in [0, 0.1) is 0 Å². The van der Waals surface area contributed by atoms with Crippen LogP contribution in [0.25, 0.3) is 0 Å². The van der Waals surface area contributed by atoms with Crippen molar-refractivity contribution in [2.24, 2.45) is 0 Å². The van der Waals surface area contributed by atoms with E-state index in [4.69, 9.17) is 5.11 Å². The van der Waals surface area contributed by atoms with Gasteiger partial charge in [0.2, 0.25) is 0 Å². The van der Waals surface area contributed by atoms with E-state index in [0.717, 1.165) is 32.1 Å². The quantitative estimate of drug-likeness (QED) is 0.662. The maximum Gasteiger partial charge on any atom is 0.303 e. The number of carbonyl (C=O) groups is 2. The number of rotatable bonds is 9. The highest BCUT2D eigenvalue weighted by molar-refractivity contribution is 5.91. The largest absolute Gasteiger partial charge is 0.481 e. The van der Waals surface area contributed by atoms with Gasteiger partial charge in [-0.2, -0.15) is 0 Å². The van der Waals surface area contributed by atoms with Gasteiger partial charge in [-0.15, -0.1) is 0 Å². The molecule has 0 unspecified atom stereocenters. The van der Waals surface area contributed by atoms with Gasteiger partial charge >= 0.3 is 5.97 Å². The molecule has 19 heavy (non-hydrogen) atoms. The Bertz CT molecular complexity index is 395. The third kappa shape index (κ3) is 7.13. The zero-order valence-corrected chi connectivity index (χ0v) is 10.8. The summed E-state index contributed by atoms with van der Waals surface area (Å²) in [5.74, 6) is -0.949. The molecule has 0 saturated carbocycles. The molecule has 0 bridgehead atoms. The highest BCUT2D eigenvalue weighted by Gasteiger charge is 2.05. The van der Waals surface area contributed by atoms with Gasteiger partial charge in [-0.05, 0) is 12.8 Å². The van der Waals surface area contributed by atoms with E-state index >= 15 is 0 Å². The number of nitrogens with one attached hydrogen (secondary N) is 1. The van der Waals surface area contributed by atoms with Crippen molar-refractivity contribution in [3.63, 3.8) is 0 Å². The summed E-state index contributed by atoms with van der Waals surface area (Å²) in [6.07, 6.45) is 9.19. The van der Waals surface area contributed by atoms with Gasteiger partial charge in [0.05, 0.1) is 6.20 Å². The van der Waals surface area contributed by atoms with Gasteiger partial charge in [0.25, 0.3) is 5.91 Å². The van der Waals surface area contributed by atoms with Gasteiger partial charge < -0.3 is 10.4 Å². The zero-order valence-electron chi connectivity index (χ0n) is 10.8. The van der Waals surface area contributed by atoms with Crippen molar-refractivity contribution in [2.75, 3.05) is 6.54 Å². The van der Waals surface area contributed by atoms with Gasteiger partial charge in [0.1, 0.15) is 5.69 Å². The fourth-order valence-electron chi connectivity index (χ4n) is 1.64. The minimum Gasteiger partial charge on any atom is -0.481 e. The fraction of sp³-hybridized carbons (Fsp3) is 0.538. The molecule has 6 heteroatoms. The fourth-order valence-corrected chi connectivity index (χ4v) is 1.64. The number of aromatic nitrogens is 2. The monoisotopic (exact) mass is 265 g/mol. The van der Waals surface area contributed by atoms with Crippen LogP contribution in [0.4, 0.5) is 0 Å². The SMILES string of the molecule is O=C(O)CCCCCCCNC(=O)c1cnccn1. The summed E-state index contributed by atoms with van der Waals surface area (Å²) in [5, 5.41) is 11.2. The van der Waals surface area contributed by atoms with Gasteiger partial charge in [0, 0.05) is 25.4 Å². The molecule has 1 aromatic heterocycles. The summed E-state index contributed by atoms with van der Waals surface area (Å²) in [7, 11) is 0. The van der Waals surface area contributed by atoms with E-state index in [2.05, 4.69) is 15.3 Å². The van der Waals surface area contributed by atoms with Crippen LogP contribution in [0.15, 0.2) is 18.6 Å². The topological polar surface area (TPSA) is 92.2 Å². The van der Waals surface area contributed by atoms with Crippen molar-refractivity contribution in [3.8, 4) is 0 Å². The number of unbranched alkanes of at least 4 members (excludes halogenated alkanes) is 4. The van der Waals surface area contributed by atoms with E-state index in [1.807, 2.05) is 0 Å². The van der Waals surface area contributed by atoms with E-state index in [-0.39, 0.29) is 12.3 Å². The molecule has 0 aliphatic carbocycles. The van der Waals surface area contributed by atoms with Crippen molar-refractivity contribution in [1.29, 1.82) is 0 Å². The standard InChI is InChI=1S/C13H19N3O3/c17-12(18)6-4-2-1-3-5-7-16-13(19)11-10-14-8-9-15-11/h8-10H,1-7H2,(H,16,19)(H,17,18). The Balaban J connectivity index is 1.99. The average molecular weight is 265 g/mol. The lowest BCUT2D eigenvalue weighted by atomic mass is 10.1. The molecular weight excluding hydrogens is 246 g/mol. The number of carbonyl (C=O) groups excluding carboxylic acids is 1. The predicted molar refractivity (Wildman–Crippen MR) is 69.7 cm³/mol. The van der Waals surface area contributed by atoms with E-state index in [1.54, 1.807) is 0 Å². The molecule has 0 radical (unpaired) electrons. The zero-order chi connectivity index (χ0) is 13.9. The minimum atomic E-state index is -0.740. The number of nitrogens with zero attached hydrogens (tertiary/aromatic N) is 2. The average Bonchev–Trinajstić information content (AvgIpc) is 2.42. The van der Waals surface area contributed by atoms with Crippen LogP contribution in [-0.2, 0) is 4.79 Å². The molecule has 0 spiro atoms. The number of hydrogen-bond acceptors (Lipinski definition) is 4. The maximum absolute atomic E-state index is 11.6.